The van der Waals surface area contributed by atoms with E-state index in [-0.39, 0.29) is 36.2 Å². The first kappa shape index (κ1) is 20.9. The van der Waals surface area contributed by atoms with Crippen molar-refractivity contribution in [1.29, 1.82) is 0 Å². The van der Waals surface area contributed by atoms with Crippen LogP contribution < -0.4 is 10.6 Å². The molecule has 23 heavy (non-hydrogen) atoms. The van der Waals surface area contributed by atoms with Gasteiger partial charge in [-0.2, -0.15) is 0 Å². The molecular weight excluding hydrogens is 411 g/mol. The number of halogens is 1. The maximum absolute atomic E-state index is 5.73. The highest BCUT2D eigenvalue weighted by Gasteiger charge is 2.18. The van der Waals surface area contributed by atoms with Crippen molar-refractivity contribution in [2.45, 2.75) is 25.0 Å². The van der Waals surface area contributed by atoms with Gasteiger partial charge in [-0.25, -0.2) is 0 Å². The smallest absolute Gasteiger partial charge is 0.191 e. The zero-order valence-corrected chi connectivity index (χ0v) is 16.6. The Morgan fingerprint density at radius 2 is 2.22 bits per heavy atom. The summed E-state index contributed by atoms with van der Waals surface area (Å²) in [7, 11) is 3.91. The van der Waals surface area contributed by atoms with Crippen molar-refractivity contribution >= 4 is 29.9 Å². The lowest BCUT2D eigenvalue weighted by Gasteiger charge is -2.30. The quantitative estimate of drug-likeness (QED) is 0.256. The maximum Gasteiger partial charge on any atom is 0.191 e. The number of aliphatic imine (C=N–C) groups is 1. The third-order valence-corrected chi connectivity index (χ3v) is 3.92. The number of guanidine groups is 1. The topological polar surface area (TPSA) is 67.4 Å². The summed E-state index contributed by atoms with van der Waals surface area (Å²) in [4.78, 5) is 6.52. The lowest BCUT2D eigenvalue weighted by molar-refractivity contribution is -0.0161. The summed E-state index contributed by atoms with van der Waals surface area (Å²) in [5.41, 5.74) is 0. The fourth-order valence-corrected chi connectivity index (χ4v) is 2.59. The van der Waals surface area contributed by atoms with Gasteiger partial charge in [-0.3, -0.25) is 4.99 Å². The van der Waals surface area contributed by atoms with Gasteiger partial charge in [-0.1, -0.05) is 0 Å². The van der Waals surface area contributed by atoms with Crippen LogP contribution in [0.15, 0.2) is 4.99 Å². The molecule has 2 aliphatic heterocycles. The van der Waals surface area contributed by atoms with E-state index in [1.807, 2.05) is 0 Å². The Balaban J connectivity index is 0.00000264. The average molecular weight is 442 g/mol. The molecule has 0 aromatic carbocycles. The summed E-state index contributed by atoms with van der Waals surface area (Å²) < 4.78 is 16.7. The highest BCUT2D eigenvalue weighted by atomic mass is 127. The van der Waals surface area contributed by atoms with Crippen LogP contribution in [0.25, 0.3) is 0 Å². The molecule has 2 aliphatic rings. The molecule has 0 aromatic heterocycles. The monoisotopic (exact) mass is 442 g/mol. The number of nitrogens with one attached hydrogen (secondary N) is 2. The van der Waals surface area contributed by atoms with Crippen molar-refractivity contribution in [3.05, 3.63) is 0 Å². The van der Waals surface area contributed by atoms with E-state index < -0.39 is 0 Å². The molecule has 2 fully saturated rings. The van der Waals surface area contributed by atoms with Crippen molar-refractivity contribution in [3.8, 4) is 0 Å². The van der Waals surface area contributed by atoms with Gasteiger partial charge in [0.2, 0.25) is 0 Å². The van der Waals surface area contributed by atoms with Crippen LogP contribution in [0.4, 0.5) is 0 Å². The second-order valence-corrected chi connectivity index (χ2v) is 5.84. The molecule has 2 rings (SSSR count). The number of nitrogens with zero attached hydrogens (tertiary/aromatic N) is 2. The minimum atomic E-state index is 0. The van der Waals surface area contributed by atoms with E-state index >= 15 is 0 Å². The lowest BCUT2D eigenvalue weighted by Crippen LogP contribution is -2.48. The molecule has 2 saturated heterocycles. The van der Waals surface area contributed by atoms with Crippen LogP contribution >= 0.6 is 24.0 Å². The van der Waals surface area contributed by atoms with E-state index in [1.54, 1.807) is 7.05 Å². The van der Waals surface area contributed by atoms with E-state index in [0.717, 1.165) is 71.4 Å². The zero-order chi connectivity index (χ0) is 15.6. The van der Waals surface area contributed by atoms with Crippen LogP contribution in [0.5, 0.6) is 0 Å². The van der Waals surface area contributed by atoms with Gasteiger partial charge in [0.25, 0.3) is 0 Å². The van der Waals surface area contributed by atoms with Crippen LogP contribution in [0, 0.1) is 0 Å². The van der Waals surface area contributed by atoms with Gasteiger partial charge in [0.15, 0.2) is 5.96 Å². The SMILES string of the molecule is CN=C(NCCCOC1CCOC1)NCC1CN(C)CCO1.I. The predicted octanol–water partition coefficient (Wildman–Crippen LogP) is 0.296. The third-order valence-electron chi connectivity index (χ3n) is 3.92. The Kier molecular flexibility index (Phi) is 11.1. The number of likely N-dealkylation sites (N-methyl/N-ethyl adjacent to an activating group) is 1. The number of hydrogen-bond donors (Lipinski definition) is 2. The summed E-state index contributed by atoms with van der Waals surface area (Å²) in [5, 5.41) is 6.62. The van der Waals surface area contributed by atoms with Crippen molar-refractivity contribution in [2.75, 3.05) is 66.7 Å². The first-order chi connectivity index (χ1) is 10.8. The molecule has 7 nitrogen and oxygen atoms in total. The molecule has 0 radical (unpaired) electrons. The molecular formula is C15H31IN4O3. The van der Waals surface area contributed by atoms with Crippen LogP contribution in [0.3, 0.4) is 0 Å². The van der Waals surface area contributed by atoms with E-state index in [2.05, 4.69) is 27.6 Å². The van der Waals surface area contributed by atoms with Crippen molar-refractivity contribution in [1.82, 2.24) is 15.5 Å². The highest BCUT2D eigenvalue weighted by molar-refractivity contribution is 14.0. The van der Waals surface area contributed by atoms with Crippen LogP contribution in [-0.4, -0.2) is 89.8 Å². The van der Waals surface area contributed by atoms with Gasteiger partial charge in [0.05, 0.1) is 25.4 Å². The van der Waals surface area contributed by atoms with Gasteiger partial charge < -0.3 is 29.7 Å². The molecule has 2 heterocycles. The molecule has 0 spiro atoms. The molecule has 8 heteroatoms. The van der Waals surface area contributed by atoms with Gasteiger partial charge in [0.1, 0.15) is 0 Å². The summed E-state index contributed by atoms with van der Waals surface area (Å²) >= 11 is 0. The molecule has 136 valence electrons. The summed E-state index contributed by atoms with van der Waals surface area (Å²) in [6, 6.07) is 0. The van der Waals surface area contributed by atoms with Gasteiger partial charge in [-0.15, -0.1) is 24.0 Å². The molecule has 0 aliphatic carbocycles. The molecule has 2 atom stereocenters. The molecule has 2 unspecified atom stereocenters. The first-order valence-corrected chi connectivity index (χ1v) is 8.22. The molecule has 0 amide bonds. The fraction of sp³-hybridized carbons (Fsp3) is 0.933. The van der Waals surface area contributed by atoms with Crippen molar-refractivity contribution in [2.24, 2.45) is 4.99 Å². The summed E-state index contributed by atoms with van der Waals surface area (Å²) in [5.74, 6) is 0.820. The largest absolute Gasteiger partial charge is 0.379 e. The van der Waals surface area contributed by atoms with E-state index in [9.17, 15) is 0 Å². The highest BCUT2D eigenvalue weighted by Crippen LogP contribution is 2.07. The summed E-state index contributed by atoms with van der Waals surface area (Å²) in [6.07, 6.45) is 2.49. The van der Waals surface area contributed by atoms with Crippen molar-refractivity contribution in [3.63, 3.8) is 0 Å². The normalized spacial score (nSPS) is 25.9. The fourth-order valence-electron chi connectivity index (χ4n) is 2.59. The van der Waals surface area contributed by atoms with Crippen molar-refractivity contribution < 1.29 is 14.2 Å². The molecule has 0 aromatic rings. The van der Waals surface area contributed by atoms with E-state index in [1.165, 1.54) is 0 Å². The standard InChI is InChI=1S/C15H30N4O3.HI/c1-16-15(18-10-14-11-19(2)6-9-22-14)17-5-3-7-21-13-4-8-20-12-13;/h13-14H,3-12H2,1-2H3,(H2,16,17,18);1H. The first-order valence-electron chi connectivity index (χ1n) is 8.22. The predicted molar refractivity (Wildman–Crippen MR) is 102 cm³/mol. The second kappa shape index (κ2) is 12.2. The number of rotatable bonds is 7. The zero-order valence-electron chi connectivity index (χ0n) is 14.3. The third kappa shape index (κ3) is 8.48. The lowest BCUT2D eigenvalue weighted by atomic mass is 10.3. The Bertz CT molecular complexity index is 341. The van der Waals surface area contributed by atoms with Crippen LogP contribution in [0.1, 0.15) is 12.8 Å². The minimum absolute atomic E-state index is 0. The molecule has 2 N–H and O–H groups in total. The Labute approximate surface area is 156 Å². The van der Waals surface area contributed by atoms with Gasteiger partial charge in [0, 0.05) is 46.4 Å². The second-order valence-electron chi connectivity index (χ2n) is 5.84. The average Bonchev–Trinajstić information content (AvgIpc) is 3.03. The number of ether oxygens (including phenoxy) is 3. The Morgan fingerprint density at radius 1 is 1.35 bits per heavy atom. The minimum Gasteiger partial charge on any atom is -0.379 e. The van der Waals surface area contributed by atoms with Gasteiger partial charge in [-0.05, 0) is 19.9 Å². The van der Waals surface area contributed by atoms with Crippen LogP contribution in [-0.2, 0) is 14.2 Å². The maximum atomic E-state index is 5.73. The Morgan fingerprint density at radius 3 is 2.91 bits per heavy atom. The van der Waals surface area contributed by atoms with E-state index in [4.69, 9.17) is 14.2 Å². The van der Waals surface area contributed by atoms with E-state index in [0.29, 0.717) is 0 Å². The van der Waals surface area contributed by atoms with Crippen LogP contribution in [0.2, 0.25) is 0 Å². The molecule has 0 saturated carbocycles. The van der Waals surface area contributed by atoms with Gasteiger partial charge >= 0.3 is 0 Å². The molecule has 0 bridgehead atoms. The Hall–Kier alpha value is -0.160. The number of morpholine rings is 1. The summed E-state index contributed by atoms with van der Waals surface area (Å²) in [6.45, 7) is 6.73. The number of hydrogen-bond acceptors (Lipinski definition) is 5.